The summed E-state index contributed by atoms with van der Waals surface area (Å²) in [6.07, 6.45) is 1.63. The highest BCUT2D eigenvalue weighted by Gasteiger charge is 2.32. The highest BCUT2D eigenvalue weighted by atomic mass is 32.2. The molecule has 1 aliphatic rings. The first kappa shape index (κ1) is 20.5. The first-order valence-corrected chi connectivity index (χ1v) is 10.4. The van der Waals surface area contributed by atoms with Gasteiger partial charge in [0.15, 0.2) is 11.0 Å². The molecule has 1 aliphatic heterocycles. The molecular weight excluding hydrogens is 416 g/mol. The second-order valence-corrected chi connectivity index (χ2v) is 7.68. The number of benzene rings is 1. The third-order valence-corrected chi connectivity index (χ3v) is 5.56. The second kappa shape index (κ2) is 8.57. The number of pyridine rings is 1. The summed E-state index contributed by atoms with van der Waals surface area (Å²) in [4.78, 5) is 34.6. The van der Waals surface area contributed by atoms with Crippen molar-refractivity contribution < 1.29 is 14.1 Å². The van der Waals surface area contributed by atoms with Crippen molar-refractivity contribution in [3.05, 3.63) is 81.1 Å². The summed E-state index contributed by atoms with van der Waals surface area (Å²) in [7, 11) is 0. The maximum absolute atomic E-state index is 12.8. The Morgan fingerprint density at radius 2 is 2.00 bits per heavy atom. The van der Waals surface area contributed by atoms with Gasteiger partial charge in [0, 0.05) is 24.4 Å². The Bertz CT molecular complexity index is 1230. The molecule has 0 bridgehead atoms. The van der Waals surface area contributed by atoms with E-state index in [9.17, 15) is 14.9 Å². The van der Waals surface area contributed by atoms with Crippen molar-refractivity contribution in [2.45, 2.75) is 13.8 Å². The van der Waals surface area contributed by atoms with E-state index in [1.807, 2.05) is 26.0 Å². The fraction of sp³-hybridized carbons (Fsp3) is 0.136. The van der Waals surface area contributed by atoms with Crippen LogP contribution in [-0.2, 0) is 4.79 Å². The van der Waals surface area contributed by atoms with E-state index >= 15 is 0 Å². The minimum atomic E-state index is -0.451. The molecule has 2 aromatic heterocycles. The molecule has 9 heteroatoms. The van der Waals surface area contributed by atoms with Crippen LogP contribution in [0.2, 0.25) is 0 Å². The molecule has 0 spiro atoms. The molecule has 0 unspecified atom stereocenters. The molecule has 3 heterocycles. The normalized spacial score (nSPS) is 16.5. The summed E-state index contributed by atoms with van der Waals surface area (Å²) in [5, 5.41) is 11.8. The first-order valence-electron chi connectivity index (χ1n) is 9.53. The molecule has 3 aromatic rings. The molecule has 1 saturated heterocycles. The Morgan fingerprint density at radius 3 is 2.74 bits per heavy atom. The Balaban J connectivity index is 1.64. The first-order chi connectivity index (χ1) is 15.0. The van der Waals surface area contributed by atoms with E-state index in [0.29, 0.717) is 39.5 Å². The zero-order valence-electron chi connectivity index (χ0n) is 16.8. The molecule has 1 aromatic carbocycles. The van der Waals surface area contributed by atoms with Crippen LogP contribution in [0.5, 0.6) is 0 Å². The van der Waals surface area contributed by atoms with Crippen LogP contribution in [-0.4, -0.2) is 32.4 Å². The van der Waals surface area contributed by atoms with Gasteiger partial charge in [-0.05, 0) is 55.9 Å². The summed E-state index contributed by atoms with van der Waals surface area (Å²) in [5.74, 6) is 1.14. The van der Waals surface area contributed by atoms with Crippen molar-refractivity contribution in [3.63, 3.8) is 0 Å². The number of carbonyl (C=O) groups is 1. The lowest BCUT2D eigenvalue weighted by molar-refractivity contribution is -0.384. The van der Waals surface area contributed by atoms with Gasteiger partial charge >= 0.3 is 0 Å². The number of rotatable bonds is 5. The van der Waals surface area contributed by atoms with Gasteiger partial charge in [0.25, 0.3) is 11.6 Å². The van der Waals surface area contributed by atoms with Crippen molar-refractivity contribution in [2.75, 3.05) is 6.54 Å². The molecule has 0 atom stereocenters. The van der Waals surface area contributed by atoms with Gasteiger partial charge in [-0.15, -0.1) is 0 Å². The van der Waals surface area contributed by atoms with Crippen LogP contribution in [0.4, 0.5) is 11.5 Å². The Morgan fingerprint density at radius 1 is 1.19 bits per heavy atom. The molecule has 0 aliphatic carbocycles. The van der Waals surface area contributed by atoms with Crippen LogP contribution in [0.1, 0.15) is 18.4 Å². The van der Waals surface area contributed by atoms with Crippen LogP contribution in [0.25, 0.3) is 17.4 Å². The van der Waals surface area contributed by atoms with Crippen molar-refractivity contribution in [1.29, 1.82) is 0 Å². The van der Waals surface area contributed by atoms with E-state index in [1.165, 1.54) is 17.8 Å². The van der Waals surface area contributed by atoms with Crippen LogP contribution >= 0.6 is 11.8 Å². The number of nitro groups is 1. The lowest BCUT2D eigenvalue weighted by Gasteiger charge is -2.11. The van der Waals surface area contributed by atoms with E-state index in [1.54, 1.807) is 47.4 Å². The highest BCUT2D eigenvalue weighted by Crippen LogP contribution is 2.36. The number of hydrogen-bond donors (Lipinski definition) is 0. The quantitative estimate of drug-likeness (QED) is 0.311. The maximum Gasteiger partial charge on any atom is 0.280 e. The predicted molar refractivity (Wildman–Crippen MR) is 120 cm³/mol. The van der Waals surface area contributed by atoms with Crippen molar-refractivity contribution >= 4 is 40.4 Å². The number of aromatic nitrogens is 1. The van der Waals surface area contributed by atoms with Crippen molar-refractivity contribution in [3.8, 4) is 11.3 Å². The third-order valence-electron chi connectivity index (χ3n) is 4.55. The third kappa shape index (κ3) is 4.26. The summed E-state index contributed by atoms with van der Waals surface area (Å²) < 4.78 is 5.79. The SMILES string of the molecule is CCN1C(=O)/C(=C\c2ccc(-c3ccccc3[N+](=O)[O-])o2)S/C1=N/c1cccc(C)n1. The van der Waals surface area contributed by atoms with E-state index in [-0.39, 0.29) is 11.6 Å². The number of thioether (sulfide) groups is 1. The number of nitrogens with zero attached hydrogens (tertiary/aromatic N) is 4. The minimum Gasteiger partial charge on any atom is -0.456 e. The lowest BCUT2D eigenvalue weighted by atomic mass is 10.1. The lowest BCUT2D eigenvalue weighted by Crippen LogP contribution is -2.28. The van der Waals surface area contributed by atoms with Crippen LogP contribution in [0.15, 0.2) is 68.9 Å². The van der Waals surface area contributed by atoms with E-state index < -0.39 is 4.92 Å². The van der Waals surface area contributed by atoms with Gasteiger partial charge in [-0.3, -0.25) is 19.8 Å². The number of hydrogen-bond acceptors (Lipinski definition) is 7. The van der Waals surface area contributed by atoms with E-state index in [2.05, 4.69) is 9.98 Å². The monoisotopic (exact) mass is 434 g/mol. The van der Waals surface area contributed by atoms with Crippen LogP contribution in [0.3, 0.4) is 0 Å². The minimum absolute atomic E-state index is 0.0420. The van der Waals surface area contributed by atoms with Crippen LogP contribution in [0, 0.1) is 17.0 Å². The number of aliphatic imine (C=N–C) groups is 1. The second-order valence-electron chi connectivity index (χ2n) is 6.67. The zero-order valence-corrected chi connectivity index (χ0v) is 17.6. The fourth-order valence-electron chi connectivity index (χ4n) is 3.10. The Kier molecular flexibility index (Phi) is 5.68. The molecule has 8 nitrogen and oxygen atoms in total. The molecule has 0 saturated carbocycles. The molecule has 31 heavy (non-hydrogen) atoms. The average Bonchev–Trinajstić information content (AvgIpc) is 3.33. The van der Waals surface area contributed by atoms with Gasteiger partial charge in [-0.2, -0.15) is 0 Å². The Labute approximate surface area is 182 Å². The molecule has 156 valence electrons. The largest absolute Gasteiger partial charge is 0.456 e. The number of para-hydroxylation sites is 1. The maximum atomic E-state index is 12.8. The number of amidine groups is 1. The molecule has 4 rings (SSSR count). The van der Waals surface area contributed by atoms with E-state index in [4.69, 9.17) is 4.42 Å². The topological polar surface area (TPSA) is 102 Å². The van der Waals surface area contributed by atoms with Gasteiger partial charge in [-0.1, -0.05) is 18.2 Å². The molecule has 1 amide bonds. The average molecular weight is 434 g/mol. The molecule has 0 radical (unpaired) electrons. The van der Waals surface area contributed by atoms with Gasteiger partial charge < -0.3 is 4.42 Å². The number of nitro benzene ring substituents is 1. The summed E-state index contributed by atoms with van der Waals surface area (Å²) >= 11 is 1.24. The summed E-state index contributed by atoms with van der Waals surface area (Å²) in [6.45, 7) is 4.22. The van der Waals surface area contributed by atoms with Crippen molar-refractivity contribution in [2.24, 2.45) is 4.99 Å². The van der Waals surface area contributed by atoms with Crippen molar-refractivity contribution in [1.82, 2.24) is 9.88 Å². The number of amides is 1. The Hall–Kier alpha value is -3.72. The number of furan rings is 1. The van der Waals surface area contributed by atoms with Gasteiger partial charge in [-0.25, -0.2) is 9.98 Å². The summed E-state index contributed by atoms with van der Waals surface area (Å²) in [6, 6.07) is 15.2. The van der Waals surface area contributed by atoms with Gasteiger partial charge in [0.05, 0.1) is 15.4 Å². The standard InChI is InChI=1S/C22H18N4O4S/c1-3-25-21(27)19(31-22(25)24-20-10-6-7-14(2)23-20)13-15-11-12-18(30-15)16-8-4-5-9-17(16)26(28)29/h4-13H,3H2,1-2H3/b19-13+,24-22+. The predicted octanol–water partition coefficient (Wildman–Crippen LogP) is 5.18. The fourth-order valence-corrected chi connectivity index (χ4v) is 4.14. The highest BCUT2D eigenvalue weighted by molar-refractivity contribution is 8.18. The number of likely N-dealkylation sites (N-methyl/N-ethyl adjacent to an activating group) is 1. The van der Waals surface area contributed by atoms with Gasteiger partial charge in [0.1, 0.15) is 11.5 Å². The molecular formula is C22H18N4O4S. The van der Waals surface area contributed by atoms with Gasteiger partial charge in [0.2, 0.25) is 0 Å². The molecule has 1 fully saturated rings. The number of aryl methyl sites for hydroxylation is 1. The number of carbonyl (C=O) groups excluding carboxylic acids is 1. The summed E-state index contributed by atoms with van der Waals surface area (Å²) in [5.41, 5.74) is 1.18. The molecule has 0 N–H and O–H groups in total. The van der Waals surface area contributed by atoms with E-state index in [0.717, 1.165) is 5.69 Å². The zero-order chi connectivity index (χ0) is 22.0. The van der Waals surface area contributed by atoms with Crippen LogP contribution < -0.4 is 0 Å². The smallest absolute Gasteiger partial charge is 0.280 e.